The Hall–Kier alpha value is -1.91. The average Bonchev–Trinajstić information content (AvgIpc) is 2.48. The molecule has 1 heterocycles. The van der Waals surface area contributed by atoms with Gasteiger partial charge < -0.3 is 23.7 Å². The zero-order valence-electron chi connectivity index (χ0n) is 14.1. The van der Waals surface area contributed by atoms with Crippen LogP contribution in [0.5, 0.6) is 0 Å². The van der Waals surface area contributed by atoms with E-state index in [4.69, 9.17) is 35.6 Å². The standard InChI is InChI=1S/C14H19ClO10/c1-6(16)20-5-10-11(21-7(2)17)12(22-8(3)18)13(23-9(4)19)14(24-10)25-15/h10-14H,5H2,1-4H3/t10-,11+,12+,13-,14+/m1/s1. The molecular formula is C14H19ClO10. The summed E-state index contributed by atoms with van der Waals surface area (Å²) in [4.78, 5) is 45.2. The van der Waals surface area contributed by atoms with Gasteiger partial charge in [-0.15, -0.1) is 0 Å². The molecule has 0 bridgehead atoms. The second kappa shape index (κ2) is 9.54. The predicted octanol–water partition coefficient (Wildman–Crippen LogP) is 0.240. The molecule has 1 aliphatic rings. The van der Waals surface area contributed by atoms with Crippen molar-refractivity contribution in [3.8, 4) is 0 Å². The molecule has 1 aliphatic heterocycles. The van der Waals surface area contributed by atoms with Gasteiger partial charge in [-0.1, -0.05) is 0 Å². The van der Waals surface area contributed by atoms with Crippen LogP contribution in [0.2, 0.25) is 0 Å². The van der Waals surface area contributed by atoms with Crippen molar-refractivity contribution in [2.24, 2.45) is 0 Å². The van der Waals surface area contributed by atoms with Crippen molar-refractivity contribution >= 4 is 35.7 Å². The summed E-state index contributed by atoms with van der Waals surface area (Å²) in [6, 6.07) is 0. The molecule has 142 valence electrons. The Morgan fingerprint density at radius 2 is 1.28 bits per heavy atom. The molecule has 0 radical (unpaired) electrons. The Morgan fingerprint density at radius 3 is 1.72 bits per heavy atom. The lowest BCUT2D eigenvalue weighted by Crippen LogP contribution is -2.62. The van der Waals surface area contributed by atoms with Crippen molar-refractivity contribution in [3.63, 3.8) is 0 Å². The van der Waals surface area contributed by atoms with Gasteiger partial charge in [0.05, 0.1) is 11.9 Å². The van der Waals surface area contributed by atoms with E-state index in [1.807, 2.05) is 0 Å². The fraction of sp³-hybridized carbons (Fsp3) is 0.714. The number of hydrogen-bond acceptors (Lipinski definition) is 10. The normalized spacial score (nSPS) is 28.6. The summed E-state index contributed by atoms with van der Waals surface area (Å²) in [7, 11) is 0. The van der Waals surface area contributed by atoms with Crippen LogP contribution >= 0.6 is 11.9 Å². The number of carbonyl (C=O) groups excluding carboxylic acids is 4. The summed E-state index contributed by atoms with van der Waals surface area (Å²) in [5.74, 6) is -2.80. The van der Waals surface area contributed by atoms with Crippen molar-refractivity contribution in [2.45, 2.75) is 58.4 Å². The maximum Gasteiger partial charge on any atom is 0.303 e. The summed E-state index contributed by atoms with van der Waals surface area (Å²) in [5.41, 5.74) is 0. The van der Waals surface area contributed by atoms with E-state index < -0.39 is 54.6 Å². The van der Waals surface area contributed by atoms with Gasteiger partial charge in [-0.2, -0.15) is 0 Å². The van der Waals surface area contributed by atoms with Gasteiger partial charge >= 0.3 is 23.9 Å². The van der Waals surface area contributed by atoms with E-state index in [1.165, 1.54) is 6.92 Å². The summed E-state index contributed by atoms with van der Waals surface area (Å²) < 4.78 is 30.2. The number of carbonyl (C=O) groups is 4. The number of esters is 4. The van der Waals surface area contributed by atoms with Gasteiger partial charge in [-0.05, 0) is 0 Å². The van der Waals surface area contributed by atoms with Crippen molar-refractivity contribution in [3.05, 3.63) is 0 Å². The van der Waals surface area contributed by atoms with Gasteiger partial charge in [0.25, 0.3) is 0 Å². The summed E-state index contributed by atoms with van der Waals surface area (Å²) in [6.07, 6.45) is -6.26. The van der Waals surface area contributed by atoms with E-state index in [0.29, 0.717) is 0 Å². The van der Waals surface area contributed by atoms with Crippen molar-refractivity contribution < 1.29 is 47.2 Å². The SMILES string of the molecule is CC(=O)OC[C@H]1O[C@@H](OCl)[C@H](OC(C)=O)[C@@H](OC(C)=O)[C@H]1OC(C)=O. The number of hydrogen-bond donors (Lipinski definition) is 0. The monoisotopic (exact) mass is 382 g/mol. The van der Waals surface area contributed by atoms with E-state index in [1.54, 1.807) is 0 Å². The molecule has 0 aliphatic carbocycles. The van der Waals surface area contributed by atoms with Crippen LogP contribution in [0.4, 0.5) is 0 Å². The maximum absolute atomic E-state index is 11.4. The quantitative estimate of drug-likeness (QED) is 0.466. The first kappa shape index (κ1) is 21.1. The topological polar surface area (TPSA) is 124 Å². The molecule has 0 unspecified atom stereocenters. The molecule has 5 atom stereocenters. The highest BCUT2D eigenvalue weighted by Gasteiger charge is 2.52. The highest BCUT2D eigenvalue weighted by atomic mass is 35.5. The van der Waals surface area contributed by atoms with Gasteiger partial charge in [0.1, 0.15) is 12.7 Å². The Morgan fingerprint density at radius 1 is 0.800 bits per heavy atom. The molecule has 10 nitrogen and oxygen atoms in total. The van der Waals surface area contributed by atoms with Gasteiger partial charge in [-0.3, -0.25) is 19.2 Å². The minimum absolute atomic E-state index is 0.339. The average molecular weight is 383 g/mol. The second-order valence-corrected chi connectivity index (χ2v) is 5.33. The van der Waals surface area contributed by atoms with Crippen molar-refractivity contribution in [1.29, 1.82) is 0 Å². The Bertz CT molecular complexity index is 522. The van der Waals surface area contributed by atoms with Crippen LogP contribution in [0, 0.1) is 0 Å². The number of rotatable bonds is 6. The molecule has 11 heteroatoms. The molecule has 0 amide bonds. The third-order valence-electron chi connectivity index (χ3n) is 3.04. The number of ether oxygens (including phenoxy) is 5. The summed E-state index contributed by atoms with van der Waals surface area (Å²) in [5, 5.41) is 0. The zero-order valence-corrected chi connectivity index (χ0v) is 14.8. The molecule has 0 spiro atoms. The minimum atomic E-state index is -1.36. The highest BCUT2D eigenvalue weighted by molar-refractivity contribution is 6.07. The fourth-order valence-electron chi connectivity index (χ4n) is 2.26. The van der Waals surface area contributed by atoms with Crippen LogP contribution in [0.3, 0.4) is 0 Å². The molecule has 0 aromatic heterocycles. The zero-order chi connectivity index (χ0) is 19.1. The van der Waals surface area contributed by atoms with Gasteiger partial charge in [0, 0.05) is 27.7 Å². The molecule has 1 saturated heterocycles. The first-order valence-corrected chi connectivity index (χ1v) is 7.54. The molecule has 0 N–H and O–H groups in total. The van der Waals surface area contributed by atoms with E-state index in [0.717, 1.165) is 20.8 Å². The predicted molar refractivity (Wildman–Crippen MR) is 78.9 cm³/mol. The van der Waals surface area contributed by atoms with Crippen LogP contribution in [0.1, 0.15) is 27.7 Å². The third kappa shape index (κ3) is 6.48. The van der Waals surface area contributed by atoms with E-state index in [9.17, 15) is 19.2 Å². The van der Waals surface area contributed by atoms with Crippen molar-refractivity contribution in [1.82, 2.24) is 0 Å². The third-order valence-corrected chi connectivity index (χ3v) is 3.21. The lowest BCUT2D eigenvalue weighted by Gasteiger charge is -2.43. The molecular weight excluding hydrogens is 364 g/mol. The highest BCUT2D eigenvalue weighted by Crippen LogP contribution is 2.30. The second-order valence-electron chi connectivity index (χ2n) is 5.16. The van der Waals surface area contributed by atoms with E-state index in [2.05, 4.69) is 4.29 Å². The van der Waals surface area contributed by atoms with Gasteiger partial charge in [-0.25, -0.2) is 4.29 Å². The van der Waals surface area contributed by atoms with Crippen LogP contribution in [-0.2, 0) is 47.2 Å². The number of halogens is 1. The van der Waals surface area contributed by atoms with Crippen molar-refractivity contribution in [2.75, 3.05) is 6.61 Å². The first-order chi connectivity index (χ1) is 11.6. The van der Waals surface area contributed by atoms with E-state index >= 15 is 0 Å². The minimum Gasteiger partial charge on any atom is -0.463 e. The Balaban J connectivity index is 3.18. The van der Waals surface area contributed by atoms with Gasteiger partial charge in [0.2, 0.25) is 6.29 Å². The molecule has 1 fully saturated rings. The molecule has 25 heavy (non-hydrogen) atoms. The maximum atomic E-state index is 11.4. The lowest BCUT2D eigenvalue weighted by atomic mass is 9.98. The van der Waals surface area contributed by atoms with Crippen LogP contribution in [0.25, 0.3) is 0 Å². The largest absolute Gasteiger partial charge is 0.463 e. The molecule has 0 aromatic rings. The van der Waals surface area contributed by atoms with E-state index in [-0.39, 0.29) is 6.61 Å². The first-order valence-electron chi connectivity index (χ1n) is 7.23. The lowest BCUT2D eigenvalue weighted by molar-refractivity contribution is -0.288. The molecule has 0 saturated carbocycles. The smallest absolute Gasteiger partial charge is 0.303 e. The summed E-state index contributed by atoms with van der Waals surface area (Å²) >= 11 is 5.37. The Kier molecular flexibility index (Phi) is 8.07. The summed E-state index contributed by atoms with van der Waals surface area (Å²) in [6.45, 7) is 4.18. The Labute approximate surface area is 148 Å². The van der Waals surface area contributed by atoms with Crippen LogP contribution < -0.4 is 0 Å². The van der Waals surface area contributed by atoms with Crippen LogP contribution in [0.15, 0.2) is 0 Å². The molecule has 1 rings (SSSR count). The fourth-order valence-corrected chi connectivity index (χ4v) is 2.40. The van der Waals surface area contributed by atoms with Crippen LogP contribution in [-0.4, -0.2) is 61.2 Å². The molecule has 0 aromatic carbocycles. The van der Waals surface area contributed by atoms with Gasteiger partial charge in [0.15, 0.2) is 18.3 Å².